The van der Waals surface area contributed by atoms with Crippen molar-refractivity contribution >= 4 is 32.8 Å². The van der Waals surface area contributed by atoms with Crippen LogP contribution in [0.5, 0.6) is 11.5 Å². The van der Waals surface area contributed by atoms with Crippen LogP contribution in [0.1, 0.15) is 0 Å². The molecule has 48 heavy (non-hydrogen) atoms. The Labute approximate surface area is 292 Å². The second-order valence-corrected chi connectivity index (χ2v) is 11.3. The third-order valence-electron chi connectivity index (χ3n) is 8.43. The number of rotatable bonds is 6. The van der Waals surface area contributed by atoms with Crippen LogP contribution >= 0.6 is 0 Å². The van der Waals surface area contributed by atoms with Crippen molar-refractivity contribution in [3.05, 3.63) is 176 Å². The molecule has 5 nitrogen and oxygen atoms in total. The first-order valence-electron chi connectivity index (χ1n) is 15.5. The van der Waals surface area contributed by atoms with E-state index in [1.54, 1.807) is 0 Å². The molecule has 9 aromatic rings. The Bertz CT molecular complexity index is 2560. The molecule has 9 rings (SSSR count). The summed E-state index contributed by atoms with van der Waals surface area (Å²) in [5.41, 5.74) is 8.13. The van der Waals surface area contributed by atoms with Gasteiger partial charge in [-0.2, -0.15) is 18.2 Å². The minimum atomic E-state index is 0. The van der Waals surface area contributed by atoms with E-state index in [9.17, 15) is 0 Å². The van der Waals surface area contributed by atoms with Gasteiger partial charge in [0.2, 0.25) is 0 Å². The zero-order valence-electron chi connectivity index (χ0n) is 25.5. The average molecular weight is 798 g/mol. The molecule has 0 spiro atoms. The maximum atomic E-state index is 6.45. The summed E-state index contributed by atoms with van der Waals surface area (Å²) < 4.78 is 12.7. The molecular formula is C42H26N4OPt-2. The van der Waals surface area contributed by atoms with Crippen LogP contribution in [0.4, 0.5) is 0 Å². The maximum absolute atomic E-state index is 6.45. The van der Waals surface area contributed by atoms with Crippen molar-refractivity contribution in [1.82, 2.24) is 14.1 Å². The standard InChI is InChI=1S/C42H26N4O.Pt/c1-3-12-30(13-4-1)31-24-25-43-42(26-31)46-38-19-8-7-18-36(38)37-23-22-35(28-41(37)46)47-34-17-11-16-33(27-34)45-29-44(32-14-5-2-6-15-32)39-20-9-10-21-40(39)45;/h1-26H;/q-2;. The molecule has 0 radical (unpaired) electrons. The fraction of sp³-hybridized carbons (Fsp3) is 0. The molecule has 0 N–H and O–H groups in total. The van der Waals surface area contributed by atoms with Crippen molar-refractivity contribution in [2.24, 2.45) is 0 Å². The normalized spacial score (nSPS) is 11.2. The Morgan fingerprint density at radius 2 is 1.31 bits per heavy atom. The van der Waals surface area contributed by atoms with Crippen LogP contribution in [-0.4, -0.2) is 14.1 Å². The predicted molar refractivity (Wildman–Crippen MR) is 185 cm³/mol. The summed E-state index contributed by atoms with van der Waals surface area (Å²) in [7, 11) is 0. The van der Waals surface area contributed by atoms with Crippen molar-refractivity contribution in [3.63, 3.8) is 0 Å². The van der Waals surface area contributed by atoms with Gasteiger partial charge in [-0.3, -0.25) is 4.57 Å². The van der Waals surface area contributed by atoms with Crippen LogP contribution in [0, 0.1) is 18.5 Å². The van der Waals surface area contributed by atoms with Crippen LogP contribution in [-0.2, 0) is 21.1 Å². The van der Waals surface area contributed by atoms with Gasteiger partial charge in [-0.25, -0.2) is 4.98 Å². The number of nitrogens with zero attached hydrogens (tertiary/aromatic N) is 4. The molecule has 3 heterocycles. The van der Waals surface area contributed by atoms with E-state index in [0.717, 1.165) is 61.2 Å². The minimum absolute atomic E-state index is 0. The molecule has 232 valence electrons. The van der Waals surface area contributed by atoms with Crippen LogP contribution < -0.4 is 9.30 Å². The Kier molecular flexibility index (Phi) is 7.68. The Morgan fingerprint density at radius 3 is 2.17 bits per heavy atom. The zero-order valence-corrected chi connectivity index (χ0v) is 27.8. The van der Waals surface area contributed by atoms with E-state index >= 15 is 0 Å². The Balaban J connectivity index is 0.00000336. The number of ether oxygens (including phenoxy) is 1. The molecule has 0 bridgehead atoms. The van der Waals surface area contributed by atoms with Gasteiger partial charge >= 0.3 is 0 Å². The first kappa shape index (κ1) is 29.6. The van der Waals surface area contributed by atoms with Crippen LogP contribution in [0.25, 0.3) is 61.2 Å². The van der Waals surface area contributed by atoms with E-state index in [2.05, 4.69) is 113 Å². The van der Waals surface area contributed by atoms with Crippen molar-refractivity contribution in [1.29, 1.82) is 0 Å². The van der Waals surface area contributed by atoms with Gasteiger partial charge in [0.25, 0.3) is 6.33 Å². The quantitative estimate of drug-likeness (QED) is 0.124. The predicted octanol–water partition coefficient (Wildman–Crippen LogP) is 9.26. The number of para-hydroxylation sites is 4. The van der Waals surface area contributed by atoms with Gasteiger partial charge in [-0.1, -0.05) is 96.5 Å². The molecule has 0 saturated heterocycles. The number of aromatic nitrogens is 4. The van der Waals surface area contributed by atoms with Gasteiger partial charge in [0.1, 0.15) is 5.82 Å². The molecular weight excluding hydrogens is 772 g/mol. The molecule has 0 saturated carbocycles. The SMILES string of the molecule is [Pt].[c-]1c(Oc2[c-]c3c(cc2)c2ccccc2n3-c2cc(-c3ccccc3)ccn2)cccc1-[n+]1[c-]n(-c2ccccc2)c2ccccc21. The van der Waals surface area contributed by atoms with Crippen LogP contribution in [0.3, 0.4) is 0 Å². The number of imidazole rings is 1. The van der Waals surface area contributed by atoms with Gasteiger partial charge in [0.05, 0.1) is 16.7 Å². The molecule has 0 atom stereocenters. The van der Waals surface area contributed by atoms with Gasteiger partial charge in [-0.15, -0.1) is 29.7 Å². The number of fused-ring (bicyclic) bond motifs is 4. The summed E-state index contributed by atoms with van der Waals surface area (Å²) in [5.74, 6) is 2.00. The topological polar surface area (TPSA) is 35.9 Å². The largest absolute Gasteiger partial charge is 0.510 e. The summed E-state index contributed by atoms with van der Waals surface area (Å²) in [6.07, 6.45) is 5.39. The van der Waals surface area contributed by atoms with E-state index in [4.69, 9.17) is 9.72 Å². The third kappa shape index (κ3) is 5.19. The number of hydrogen-bond acceptors (Lipinski definition) is 2. The van der Waals surface area contributed by atoms with E-state index in [1.807, 2.05) is 77.5 Å². The maximum Gasteiger partial charge on any atom is 0.268 e. The molecule has 0 aliphatic rings. The summed E-state index contributed by atoms with van der Waals surface area (Å²) in [4.78, 5) is 4.80. The van der Waals surface area contributed by atoms with E-state index in [1.165, 1.54) is 0 Å². The summed E-state index contributed by atoms with van der Waals surface area (Å²) in [5, 5.41) is 2.21. The van der Waals surface area contributed by atoms with E-state index in [-0.39, 0.29) is 21.1 Å². The number of hydrogen-bond donors (Lipinski definition) is 0. The zero-order chi connectivity index (χ0) is 31.2. The fourth-order valence-electron chi connectivity index (χ4n) is 6.27. The first-order chi connectivity index (χ1) is 23.3. The minimum Gasteiger partial charge on any atom is -0.510 e. The van der Waals surface area contributed by atoms with Crippen LogP contribution in [0.2, 0.25) is 0 Å². The summed E-state index contributed by atoms with van der Waals surface area (Å²) in [6, 6.07) is 58.4. The van der Waals surface area contributed by atoms with Gasteiger partial charge in [0, 0.05) is 44.3 Å². The summed E-state index contributed by atoms with van der Waals surface area (Å²) in [6.45, 7) is 0. The van der Waals surface area contributed by atoms with Gasteiger partial charge in [-0.05, 0) is 52.5 Å². The molecule has 0 fully saturated rings. The monoisotopic (exact) mass is 797 g/mol. The first-order valence-corrected chi connectivity index (χ1v) is 15.5. The second-order valence-electron chi connectivity index (χ2n) is 11.3. The fourth-order valence-corrected chi connectivity index (χ4v) is 6.27. The Morgan fingerprint density at radius 1 is 0.583 bits per heavy atom. The van der Waals surface area contributed by atoms with Crippen molar-refractivity contribution < 1.29 is 30.4 Å². The molecule has 0 aliphatic heterocycles. The van der Waals surface area contributed by atoms with Gasteiger partial charge < -0.3 is 13.9 Å². The van der Waals surface area contributed by atoms with E-state index < -0.39 is 0 Å². The molecule has 6 heteroatoms. The van der Waals surface area contributed by atoms with Crippen LogP contribution in [0.15, 0.2) is 158 Å². The van der Waals surface area contributed by atoms with Crippen molar-refractivity contribution in [3.8, 4) is 39.8 Å². The molecule has 0 unspecified atom stereocenters. The third-order valence-corrected chi connectivity index (χ3v) is 8.43. The van der Waals surface area contributed by atoms with Gasteiger partial charge in [0.15, 0.2) is 0 Å². The number of pyridine rings is 1. The molecule has 6 aromatic carbocycles. The smallest absolute Gasteiger partial charge is 0.268 e. The number of benzene rings is 6. The van der Waals surface area contributed by atoms with Crippen molar-refractivity contribution in [2.45, 2.75) is 0 Å². The Hall–Kier alpha value is -5.77. The molecule has 0 aliphatic carbocycles. The van der Waals surface area contributed by atoms with Crippen molar-refractivity contribution in [2.75, 3.05) is 0 Å². The average Bonchev–Trinajstić information content (AvgIpc) is 3.69. The molecule has 3 aromatic heterocycles. The molecule has 0 amide bonds. The second kappa shape index (κ2) is 12.4. The summed E-state index contributed by atoms with van der Waals surface area (Å²) >= 11 is 0. The van der Waals surface area contributed by atoms with E-state index in [0.29, 0.717) is 11.5 Å².